The molecule has 138 valence electrons. The molecule has 0 saturated carbocycles. The van der Waals surface area contributed by atoms with Crippen LogP contribution in [-0.2, 0) is 19.4 Å². The van der Waals surface area contributed by atoms with E-state index >= 15 is 0 Å². The van der Waals surface area contributed by atoms with E-state index in [1.54, 1.807) is 45.0 Å². The van der Waals surface area contributed by atoms with Crippen molar-refractivity contribution in [3.8, 4) is 0 Å². The molecule has 1 amide bonds. The largest absolute Gasteiger partial charge is 0.444 e. The predicted molar refractivity (Wildman–Crippen MR) is 94.2 cm³/mol. The first-order valence-electron chi connectivity index (χ1n) is 8.29. The fourth-order valence-electron chi connectivity index (χ4n) is 2.90. The van der Waals surface area contributed by atoms with Crippen LogP contribution >= 0.6 is 0 Å². The van der Waals surface area contributed by atoms with Crippen LogP contribution < -0.4 is 0 Å². The highest BCUT2D eigenvalue weighted by molar-refractivity contribution is 7.91. The van der Waals surface area contributed by atoms with E-state index in [1.165, 1.54) is 4.90 Å². The molecule has 7 heteroatoms. The Balaban J connectivity index is 2.22. The van der Waals surface area contributed by atoms with E-state index in [9.17, 15) is 18.0 Å². The number of aldehydes is 1. The topological polar surface area (TPSA) is 80.8 Å². The first-order chi connectivity index (χ1) is 11.5. The van der Waals surface area contributed by atoms with Gasteiger partial charge in [-0.2, -0.15) is 0 Å². The highest BCUT2D eigenvalue weighted by Gasteiger charge is 2.41. The molecule has 0 unspecified atom stereocenters. The molecule has 1 aromatic rings. The summed E-state index contributed by atoms with van der Waals surface area (Å²) in [5.74, 6) is -0.223. The smallest absolute Gasteiger partial charge is 0.411 e. The van der Waals surface area contributed by atoms with E-state index in [0.29, 0.717) is 19.1 Å². The van der Waals surface area contributed by atoms with Crippen molar-refractivity contribution in [1.29, 1.82) is 0 Å². The zero-order chi connectivity index (χ0) is 18.8. The molecule has 1 heterocycles. The van der Waals surface area contributed by atoms with Crippen LogP contribution in [0, 0.1) is 6.92 Å². The Kier molecular flexibility index (Phi) is 5.56. The minimum absolute atomic E-state index is 0.219. The summed E-state index contributed by atoms with van der Waals surface area (Å²) in [7, 11) is -3.57. The molecule has 25 heavy (non-hydrogen) atoms. The van der Waals surface area contributed by atoms with Crippen molar-refractivity contribution >= 4 is 22.2 Å². The van der Waals surface area contributed by atoms with E-state index in [0.717, 1.165) is 5.56 Å². The van der Waals surface area contributed by atoms with Crippen molar-refractivity contribution in [1.82, 2.24) is 4.90 Å². The lowest BCUT2D eigenvalue weighted by atomic mass is 10.2. The van der Waals surface area contributed by atoms with Crippen molar-refractivity contribution in [2.24, 2.45) is 0 Å². The SMILES string of the molecule is Cc1ccc(S(=O)(=O)C[C@H]2CC[C@@H](C=O)N2C(=O)OC(C)(C)C)cc1. The minimum atomic E-state index is -3.57. The Bertz CT molecular complexity index is 734. The van der Waals surface area contributed by atoms with Crippen LogP contribution in [0.2, 0.25) is 0 Å². The van der Waals surface area contributed by atoms with Gasteiger partial charge >= 0.3 is 6.09 Å². The third-order valence-corrected chi connectivity index (χ3v) is 5.91. The standard InChI is InChI=1S/C18H25NO5S/c1-13-5-9-16(10-6-13)25(22,23)12-15-8-7-14(11-20)19(15)17(21)24-18(2,3)4/h5-6,9-11,14-15H,7-8,12H2,1-4H3/t14-,15+/m0/s1. The molecule has 1 aromatic carbocycles. The average molecular weight is 367 g/mol. The summed E-state index contributed by atoms with van der Waals surface area (Å²) in [5, 5.41) is 0. The lowest BCUT2D eigenvalue weighted by Crippen LogP contribution is -2.47. The van der Waals surface area contributed by atoms with Crippen LogP contribution in [0.5, 0.6) is 0 Å². The number of hydrogen-bond acceptors (Lipinski definition) is 5. The minimum Gasteiger partial charge on any atom is -0.444 e. The number of rotatable bonds is 4. The first kappa shape index (κ1) is 19.4. The van der Waals surface area contributed by atoms with Crippen molar-refractivity contribution in [2.75, 3.05) is 5.75 Å². The molecule has 0 radical (unpaired) electrons. The average Bonchev–Trinajstić information content (AvgIpc) is 2.88. The summed E-state index contributed by atoms with van der Waals surface area (Å²) in [5.41, 5.74) is 0.254. The van der Waals surface area contributed by atoms with Crippen LogP contribution in [0.1, 0.15) is 39.2 Å². The molecule has 1 fully saturated rings. The number of benzene rings is 1. The Morgan fingerprint density at radius 2 is 1.84 bits per heavy atom. The van der Waals surface area contributed by atoms with E-state index < -0.39 is 33.6 Å². The second kappa shape index (κ2) is 7.15. The van der Waals surface area contributed by atoms with Gasteiger partial charge in [0.2, 0.25) is 0 Å². The van der Waals surface area contributed by atoms with Crippen molar-refractivity contribution in [3.05, 3.63) is 29.8 Å². The maximum absolute atomic E-state index is 12.7. The zero-order valence-electron chi connectivity index (χ0n) is 15.1. The van der Waals surface area contributed by atoms with Gasteiger partial charge in [-0.1, -0.05) is 17.7 Å². The summed E-state index contributed by atoms with van der Waals surface area (Å²) < 4.78 is 30.7. The zero-order valence-corrected chi connectivity index (χ0v) is 15.9. The molecule has 0 aliphatic carbocycles. The van der Waals surface area contributed by atoms with Gasteiger partial charge in [0.1, 0.15) is 11.9 Å². The fraction of sp³-hybridized carbons (Fsp3) is 0.556. The Hall–Kier alpha value is -1.89. The second-order valence-electron chi connectivity index (χ2n) is 7.42. The lowest BCUT2D eigenvalue weighted by molar-refractivity contribution is -0.112. The molecular formula is C18H25NO5S. The third-order valence-electron chi connectivity index (χ3n) is 4.10. The maximum Gasteiger partial charge on any atom is 0.411 e. The predicted octanol–water partition coefficient (Wildman–Crippen LogP) is 2.74. The van der Waals surface area contributed by atoms with Crippen LogP contribution in [0.4, 0.5) is 4.79 Å². The molecule has 0 N–H and O–H groups in total. The number of aryl methyl sites for hydroxylation is 1. The Labute approximate surface area is 149 Å². The number of carbonyl (C=O) groups excluding carboxylic acids is 2. The number of likely N-dealkylation sites (tertiary alicyclic amines) is 1. The fourth-order valence-corrected chi connectivity index (χ4v) is 4.48. The summed E-state index contributed by atoms with van der Waals surface area (Å²) in [4.78, 5) is 25.3. The summed E-state index contributed by atoms with van der Waals surface area (Å²) in [6.07, 6.45) is 0.929. The van der Waals surface area contributed by atoms with Gasteiger partial charge in [-0.25, -0.2) is 13.2 Å². The number of hydrogen-bond donors (Lipinski definition) is 0. The van der Waals surface area contributed by atoms with Gasteiger partial charge in [-0.05, 0) is 52.7 Å². The number of ether oxygens (including phenoxy) is 1. The van der Waals surface area contributed by atoms with Gasteiger partial charge in [-0.3, -0.25) is 4.90 Å². The van der Waals surface area contributed by atoms with Gasteiger partial charge < -0.3 is 9.53 Å². The van der Waals surface area contributed by atoms with Crippen molar-refractivity contribution < 1.29 is 22.7 Å². The quantitative estimate of drug-likeness (QED) is 0.765. The highest BCUT2D eigenvalue weighted by Crippen LogP contribution is 2.28. The molecular weight excluding hydrogens is 342 g/mol. The van der Waals surface area contributed by atoms with Crippen LogP contribution in [-0.4, -0.2) is 49.1 Å². The van der Waals surface area contributed by atoms with Crippen LogP contribution in [0.25, 0.3) is 0 Å². The van der Waals surface area contributed by atoms with Crippen LogP contribution in [0.3, 0.4) is 0 Å². The molecule has 2 rings (SSSR count). The molecule has 1 aliphatic rings. The molecule has 0 bridgehead atoms. The number of nitrogens with zero attached hydrogens (tertiary/aromatic N) is 1. The van der Waals surface area contributed by atoms with Gasteiger partial charge in [0.25, 0.3) is 0 Å². The van der Waals surface area contributed by atoms with E-state index in [4.69, 9.17) is 4.74 Å². The molecule has 1 aliphatic heterocycles. The molecule has 0 aromatic heterocycles. The highest BCUT2D eigenvalue weighted by atomic mass is 32.2. The van der Waals surface area contributed by atoms with Gasteiger partial charge in [0.15, 0.2) is 9.84 Å². The van der Waals surface area contributed by atoms with Gasteiger partial charge in [0.05, 0.1) is 22.7 Å². The molecule has 1 saturated heterocycles. The Morgan fingerprint density at radius 1 is 1.24 bits per heavy atom. The Morgan fingerprint density at radius 3 is 2.36 bits per heavy atom. The molecule has 0 spiro atoms. The normalized spacial score (nSPS) is 21.2. The lowest BCUT2D eigenvalue weighted by Gasteiger charge is -2.30. The van der Waals surface area contributed by atoms with E-state index in [1.807, 2.05) is 6.92 Å². The van der Waals surface area contributed by atoms with Crippen LogP contribution in [0.15, 0.2) is 29.2 Å². The second-order valence-corrected chi connectivity index (χ2v) is 9.45. The molecule has 6 nitrogen and oxygen atoms in total. The number of amides is 1. The molecule has 2 atom stereocenters. The summed E-state index contributed by atoms with van der Waals surface area (Å²) >= 11 is 0. The van der Waals surface area contributed by atoms with E-state index in [2.05, 4.69) is 0 Å². The van der Waals surface area contributed by atoms with Crippen molar-refractivity contribution in [2.45, 2.75) is 63.1 Å². The first-order valence-corrected chi connectivity index (χ1v) is 9.95. The van der Waals surface area contributed by atoms with Gasteiger partial charge in [0, 0.05) is 0 Å². The summed E-state index contributed by atoms with van der Waals surface area (Å²) in [6, 6.07) is 5.39. The van der Waals surface area contributed by atoms with E-state index in [-0.39, 0.29) is 10.6 Å². The van der Waals surface area contributed by atoms with Gasteiger partial charge in [-0.15, -0.1) is 0 Å². The number of sulfone groups is 1. The monoisotopic (exact) mass is 367 g/mol. The summed E-state index contributed by atoms with van der Waals surface area (Å²) in [6.45, 7) is 7.07. The number of carbonyl (C=O) groups is 2. The third kappa shape index (κ3) is 4.81. The van der Waals surface area contributed by atoms with Crippen molar-refractivity contribution in [3.63, 3.8) is 0 Å². The maximum atomic E-state index is 12.7.